The summed E-state index contributed by atoms with van der Waals surface area (Å²) in [5.41, 5.74) is -0.272. The Labute approximate surface area is 121 Å². The minimum absolute atomic E-state index is 0.197. The number of carbonyl (C=O) groups is 1. The third kappa shape index (κ3) is 1.95. The van der Waals surface area contributed by atoms with Crippen molar-refractivity contribution in [2.45, 2.75) is 32.1 Å². The van der Waals surface area contributed by atoms with Crippen LogP contribution >= 0.6 is 0 Å². The van der Waals surface area contributed by atoms with E-state index in [2.05, 4.69) is 0 Å². The maximum absolute atomic E-state index is 13.9. The van der Waals surface area contributed by atoms with Gasteiger partial charge in [-0.25, -0.2) is 13.2 Å². The SMILES string of the molecule is O=C(c1ccc(F)c(F)c1F)C1C2CC3CC(C2)CC1C3. The van der Waals surface area contributed by atoms with Crippen LogP contribution in [0.1, 0.15) is 42.5 Å². The standard InChI is InChI=1S/C17H17F3O/c18-13-2-1-12(15(19)16(13)20)17(21)14-10-4-8-3-9(6-10)7-11(14)5-8/h1-2,8-11,14H,3-7H2. The van der Waals surface area contributed by atoms with Gasteiger partial charge in [0.15, 0.2) is 23.2 Å². The first-order valence-electron chi connectivity index (χ1n) is 7.72. The molecule has 0 spiro atoms. The Morgan fingerprint density at radius 2 is 1.43 bits per heavy atom. The number of benzene rings is 1. The maximum Gasteiger partial charge on any atom is 0.195 e. The number of rotatable bonds is 2. The number of halogens is 3. The lowest BCUT2D eigenvalue weighted by Crippen LogP contribution is -2.48. The van der Waals surface area contributed by atoms with Gasteiger partial charge in [0.1, 0.15) is 0 Å². The molecule has 0 amide bonds. The third-order valence-electron chi connectivity index (χ3n) is 5.83. The average molecular weight is 294 g/mol. The summed E-state index contributed by atoms with van der Waals surface area (Å²) in [6, 6.07) is 1.95. The predicted octanol–water partition coefficient (Wildman–Crippen LogP) is 4.36. The van der Waals surface area contributed by atoms with Crippen LogP contribution in [0.15, 0.2) is 12.1 Å². The van der Waals surface area contributed by atoms with Gasteiger partial charge < -0.3 is 0 Å². The summed E-state index contributed by atoms with van der Waals surface area (Å²) in [7, 11) is 0. The Morgan fingerprint density at radius 1 is 0.857 bits per heavy atom. The molecule has 21 heavy (non-hydrogen) atoms. The lowest BCUT2D eigenvalue weighted by molar-refractivity contribution is -0.0252. The zero-order valence-electron chi connectivity index (χ0n) is 11.6. The molecule has 0 radical (unpaired) electrons. The van der Waals surface area contributed by atoms with E-state index in [0.29, 0.717) is 23.7 Å². The zero-order chi connectivity index (χ0) is 14.7. The van der Waals surface area contributed by atoms with Crippen molar-refractivity contribution in [1.29, 1.82) is 0 Å². The van der Waals surface area contributed by atoms with E-state index in [1.807, 2.05) is 0 Å². The van der Waals surface area contributed by atoms with Crippen molar-refractivity contribution in [3.8, 4) is 0 Å². The van der Waals surface area contributed by atoms with Crippen LogP contribution in [-0.4, -0.2) is 5.78 Å². The molecule has 0 aromatic heterocycles. The fourth-order valence-corrected chi connectivity index (χ4v) is 5.25. The van der Waals surface area contributed by atoms with Crippen LogP contribution in [-0.2, 0) is 0 Å². The van der Waals surface area contributed by atoms with Crippen molar-refractivity contribution >= 4 is 5.78 Å². The van der Waals surface area contributed by atoms with E-state index in [9.17, 15) is 18.0 Å². The Hall–Kier alpha value is -1.32. The fraction of sp³-hybridized carbons (Fsp3) is 0.588. The van der Waals surface area contributed by atoms with Crippen molar-refractivity contribution in [1.82, 2.24) is 0 Å². The molecule has 0 atom stereocenters. The molecule has 4 fully saturated rings. The zero-order valence-corrected chi connectivity index (χ0v) is 11.6. The van der Waals surface area contributed by atoms with Gasteiger partial charge in [-0.2, -0.15) is 0 Å². The molecule has 4 saturated carbocycles. The van der Waals surface area contributed by atoms with Gasteiger partial charge >= 0.3 is 0 Å². The van der Waals surface area contributed by atoms with E-state index < -0.39 is 17.5 Å². The highest BCUT2D eigenvalue weighted by molar-refractivity contribution is 5.98. The van der Waals surface area contributed by atoms with Crippen LogP contribution in [0.3, 0.4) is 0 Å². The van der Waals surface area contributed by atoms with Crippen molar-refractivity contribution in [2.24, 2.45) is 29.6 Å². The molecule has 0 saturated heterocycles. The van der Waals surface area contributed by atoms with E-state index in [0.717, 1.165) is 37.8 Å². The first kappa shape index (κ1) is 13.4. The van der Waals surface area contributed by atoms with Gasteiger partial charge in [-0.15, -0.1) is 0 Å². The molecule has 112 valence electrons. The van der Waals surface area contributed by atoms with Crippen LogP contribution in [0.4, 0.5) is 13.2 Å². The minimum Gasteiger partial charge on any atom is -0.294 e. The molecular weight excluding hydrogens is 277 g/mol. The van der Waals surface area contributed by atoms with Crippen LogP contribution in [0.25, 0.3) is 0 Å². The Bertz CT molecular complexity index is 582. The van der Waals surface area contributed by atoms with Gasteiger partial charge in [0, 0.05) is 5.92 Å². The van der Waals surface area contributed by atoms with Gasteiger partial charge in [0.25, 0.3) is 0 Å². The second-order valence-corrected chi connectivity index (χ2v) is 7.04. The predicted molar refractivity (Wildman–Crippen MR) is 71.2 cm³/mol. The number of hydrogen-bond acceptors (Lipinski definition) is 1. The van der Waals surface area contributed by atoms with E-state index in [1.165, 1.54) is 6.42 Å². The van der Waals surface area contributed by atoms with Crippen molar-refractivity contribution < 1.29 is 18.0 Å². The van der Waals surface area contributed by atoms with Gasteiger partial charge in [0.05, 0.1) is 5.56 Å². The second kappa shape index (κ2) is 4.59. The molecule has 5 rings (SSSR count). The topological polar surface area (TPSA) is 17.1 Å². The molecule has 1 nitrogen and oxygen atoms in total. The van der Waals surface area contributed by atoms with Crippen LogP contribution in [0.5, 0.6) is 0 Å². The summed E-state index contributed by atoms with van der Waals surface area (Å²) < 4.78 is 40.3. The Balaban J connectivity index is 1.68. The molecule has 0 N–H and O–H groups in total. The minimum atomic E-state index is -1.54. The highest BCUT2D eigenvalue weighted by Crippen LogP contribution is 2.57. The van der Waals surface area contributed by atoms with Crippen LogP contribution in [0.2, 0.25) is 0 Å². The van der Waals surface area contributed by atoms with Gasteiger partial charge in [-0.05, 0) is 67.9 Å². The highest BCUT2D eigenvalue weighted by atomic mass is 19.2. The molecule has 1 aromatic rings. The third-order valence-corrected chi connectivity index (χ3v) is 5.83. The van der Waals surface area contributed by atoms with Crippen LogP contribution < -0.4 is 0 Å². The van der Waals surface area contributed by atoms with Crippen molar-refractivity contribution in [3.05, 3.63) is 35.1 Å². The maximum atomic E-state index is 13.9. The molecule has 0 heterocycles. The summed E-state index contributed by atoms with van der Waals surface area (Å²) in [6.07, 6.45) is 5.42. The van der Waals surface area contributed by atoms with Crippen molar-refractivity contribution in [3.63, 3.8) is 0 Å². The van der Waals surface area contributed by atoms with Gasteiger partial charge in [0.2, 0.25) is 0 Å². The Morgan fingerprint density at radius 3 is 2.00 bits per heavy atom. The van der Waals surface area contributed by atoms with E-state index in [4.69, 9.17) is 0 Å². The van der Waals surface area contributed by atoms with Crippen molar-refractivity contribution in [2.75, 3.05) is 0 Å². The lowest BCUT2D eigenvalue weighted by atomic mass is 9.51. The molecule has 4 aliphatic rings. The average Bonchev–Trinajstić information content (AvgIpc) is 2.43. The van der Waals surface area contributed by atoms with Crippen LogP contribution in [0, 0.1) is 47.0 Å². The number of carbonyl (C=O) groups excluding carboxylic acids is 1. The summed E-state index contributed by atoms with van der Waals surface area (Å²) in [6.45, 7) is 0. The summed E-state index contributed by atoms with van der Waals surface area (Å²) in [5.74, 6) is -2.58. The van der Waals surface area contributed by atoms with Gasteiger partial charge in [-0.1, -0.05) is 0 Å². The number of ketones is 1. The van der Waals surface area contributed by atoms with E-state index in [1.54, 1.807) is 0 Å². The largest absolute Gasteiger partial charge is 0.294 e. The quantitative estimate of drug-likeness (QED) is 0.585. The summed E-state index contributed by atoms with van der Waals surface area (Å²) in [4.78, 5) is 12.7. The fourth-order valence-electron chi connectivity index (χ4n) is 5.25. The molecule has 4 aliphatic carbocycles. The summed E-state index contributed by atoms with van der Waals surface area (Å²) in [5, 5.41) is 0. The summed E-state index contributed by atoms with van der Waals surface area (Å²) >= 11 is 0. The van der Waals surface area contributed by atoms with Gasteiger partial charge in [-0.3, -0.25) is 4.79 Å². The highest BCUT2D eigenvalue weighted by Gasteiger charge is 2.51. The van der Waals surface area contributed by atoms with E-state index in [-0.39, 0.29) is 17.3 Å². The lowest BCUT2D eigenvalue weighted by Gasteiger charge is -2.53. The smallest absolute Gasteiger partial charge is 0.195 e. The molecule has 4 bridgehead atoms. The Kier molecular flexibility index (Phi) is 2.92. The normalized spacial score (nSPS) is 37.0. The first-order valence-corrected chi connectivity index (χ1v) is 7.72. The molecular formula is C17H17F3O. The molecule has 1 aromatic carbocycles. The van der Waals surface area contributed by atoms with E-state index >= 15 is 0 Å². The second-order valence-electron chi connectivity index (χ2n) is 7.04. The monoisotopic (exact) mass is 294 g/mol. The molecule has 0 unspecified atom stereocenters. The first-order chi connectivity index (χ1) is 10.0. The molecule has 0 aliphatic heterocycles. The number of Topliss-reactive ketones (excluding diaryl/α,β-unsaturated/α-hetero) is 1. The number of hydrogen-bond donors (Lipinski definition) is 0. The molecule has 4 heteroatoms.